The van der Waals surface area contributed by atoms with E-state index in [2.05, 4.69) is 15.1 Å². The molecule has 0 saturated carbocycles. The Morgan fingerprint density at radius 2 is 2.33 bits per heavy atom. The first kappa shape index (κ1) is 9.40. The number of imidazole rings is 1. The van der Waals surface area contributed by atoms with Crippen molar-refractivity contribution in [2.45, 2.75) is 20.0 Å². The Morgan fingerprint density at radius 3 is 3.00 bits per heavy atom. The minimum absolute atomic E-state index is 0.192. The molecule has 2 heterocycles. The van der Waals surface area contributed by atoms with E-state index in [-0.39, 0.29) is 5.82 Å². The smallest absolute Gasteiger partial charge is 0.252 e. The van der Waals surface area contributed by atoms with Crippen molar-refractivity contribution in [3.05, 3.63) is 30.4 Å². The summed E-state index contributed by atoms with van der Waals surface area (Å²) in [6.07, 6.45) is 5.11. The standard InChI is InChI=1S/C9H10N6/c1-2-14-6-11-4-8(14)5-15-7-12-9(3-10)13-15/h4,6-7H,2,5H2,1H3. The molecule has 2 aromatic rings. The molecule has 0 atom stereocenters. The number of nitrogens with zero attached hydrogens (tertiary/aromatic N) is 6. The van der Waals surface area contributed by atoms with Gasteiger partial charge < -0.3 is 4.57 Å². The molecular weight excluding hydrogens is 192 g/mol. The molecule has 15 heavy (non-hydrogen) atoms. The average molecular weight is 202 g/mol. The lowest BCUT2D eigenvalue weighted by atomic mass is 10.4. The summed E-state index contributed by atoms with van der Waals surface area (Å²) >= 11 is 0. The molecular formula is C9H10N6. The summed E-state index contributed by atoms with van der Waals surface area (Å²) in [6, 6.07) is 1.89. The summed E-state index contributed by atoms with van der Waals surface area (Å²) in [6.45, 7) is 3.50. The third-order valence-corrected chi connectivity index (χ3v) is 2.10. The molecule has 0 aliphatic rings. The van der Waals surface area contributed by atoms with Crippen LogP contribution in [0.2, 0.25) is 0 Å². The first-order valence-corrected chi connectivity index (χ1v) is 4.62. The second-order valence-electron chi connectivity index (χ2n) is 3.05. The zero-order valence-electron chi connectivity index (χ0n) is 8.33. The van der Waals surface area contributed by atoms with E-state index in [1.54, 1.807) is 23.5 Å². The van der Waals surface area contributed by atoms with Crippen molar-refractivity contribution in [3.8, 4) is 6.07 Å². The van der Waals surface area contributed by atoms with Crippen LogP contribution in [-0.4, -0.2) is 24.3 Å². The summed E-state index contributed by atoms with van der Waals surface area (Å²) in [5.74, 6) is 0.192. The molecule has 0 unspecified atom stereocenters. The zero-order valence-corrected chi connectivity index (χ0v) is 8.33. The first-order chi connectivity index (χ1) is 7.33. The monoisotopic (exact) mass is 202 g/mol. The van der Waals surface area contributed by atoms with Gasteiger partial charge in [0, 0.05) is 6.54 Å². The van der Waals surface area contributed by atoms with Gasteiger partial charge in [0.2, 0.25) is 0 Å². The second-order valence-corrected chi connectivity index (χ2v) is 3.05. The molecule has 6 heteroatoms. The summed E-state index contributed by atoms with van der Waals surface area (Å²) < 4.78 is 3.65. The summed E-state index contributed by atoms with van der Waals surface area (Å²) in [4.78, 5) is 7.88. The lowest BCUT2D eigenvalue weighted by Gasteiger charge is -2.03. The second kappa shape index (κ2) is 3.92. The number of rotatable bonds is 3. The molecule has 0 N–H and O–H groups in total. The van der Waals surface area contributed by atoms with Gasteiger partial charge in [0.15, 0.2) is 0 Å². The van der Waals surface area contributed by atoms with Crippen molar-refractivity contribution in [2.24, 2.45) is 0 Å². The van der Waals surface area contributed by atoms with Gasteiger partial charge in [-0.1, -0.05) is 0 Å². The Balaban J connectivity index is 2.18. The maximum Gasteiger partial charge on any atom is 0.252 e. The molecule has 2 rings (SSSR count). The number of hydrogen-bond acceptors (Lipinski definition) is 4. The highest BCUT2D eigenvalue weighted by molar-refractivity contribution is 5.06. The van der Waals surface area contributed by atoms with E-state index in [1.165, 1.54) is 0 Å². The van der Waals surface area contributed by atoms with Crippen molar-refractivity contribution in [1.29, 1.82) is 5.26 Å². The minimum Gasteiger partial charge on any atom is -0.333 e. The van der Waals surface area contributed by atoms with Crippen LogP contribution in [0.4, 0.5) is 0 Å². The molecule has 0 amide bonds. The van der Waals surface area contributed by atoms with Gasteiger partial charge in [-0.05, 0) is 6.92 Å². The van der Waals surface area contributed by atoms with Crippen LogP contribution in [0.1, 0.15) is 18.4 Å². The highest BCUT2D eigenvalue weighted by Crippen LogP contribution is 2.01. The van der Waals surface area contributed by atoms with Gasteiger partial charge >= 0.3 is 0 Å². The molecule has 0 fully saturated rings. The maximum atomic E-state index is 8.57. The molecule has 0 spiro atoms. The Morgan fingerprint density at radius 1 is 1.47 bits per heavy atom. The van der Waals surface area contributed by atoms with E-state index in [0.29, 0.717) is 6.54 Å². The van der Waals surface area contributed by atoms with Gasteiger partial charge in [0.05, 0.1) is 24.8 Å². The third kappa shape index (κ3) is 1.86. The topological polar surface area (TPSA) is 72.3 Å². The van der Waals surface area contributed by atoms with Crippen LogP contribution < -0.4 is 0 Å². The van der Waals surface area contributed by atoms with Crippen molar-refractivity contribution < 1.29 is 0 Å². The SMILES string of the molecule is CCn1cncc1Cn1cnc(C#N)n1. The van der Waals surface area contributed by atoms with Gasteiger partial charge in [0.25, 0.3) is 5.82 Å². The lowest BCUT2D eigenvalue weighted by molar-refractivity contribution is 0.620. The van der Waals surface area contributed by atoms with Crippen LogP contribution in [0.3, 0.4) is 0 Å². The lowest BCUT2D eigenvalue weighted by Crippen LogP contribution is -2.06. The Kier molecular flexibility index (Phi) is 2.46. The molecule has 2 aromatic heterocycles. The highest BCUT2D eigenvalue weighted by atomic mass is 15.3. The van der Waals surface area contributed by atoms with Crippen LogP contribution in [0.25, 0.3) is 0 Å². The number of aromatic nitrogens is 5. The fraction of sp³-hybridized carbons (Fsp3) is 0.333. The molecule has 76 valence electrons. The van der Waals surface area contributed by atoms with E-state index in [9.17, 15) is 0 Å². The fourth-order valence-electron chi connectivity index (χ4n) is 1.35. The fourth-order valence-corrected chi connectivity index (χ4v) is 1.35. The molecule has 0 aliphatic carbocycles. The predicted octanol–water partition coefficient (Wildman–Crippen LogP) is 0.414. The minimum atomic E-state index is 0.192. The van der Waals surface area contributed by atoms with Gasteiger partial charge in [-0.2, -0.15) is 5.26 Å². The van der Waals surface area contributed by atoms with E-state index >= 15 is 0 Å². The number of aryl methyl sites for hydroxylation is 1. The van der Waals surface area contributed by atoms with Crippen molar-refractivity contribution >= 4 is 0 Å². The summed E-state index contributed by atoms with van der Waals surface area (Å²) in [5.41, 5.74) is 1.05. The van der Waals surface area contributed by atoms with Gasteiger partial charge in [-0.15, -0.1) is 5.10 Å². The molecule has 0 radical (unpaired) electrons. The predicted molar refractivity (Wildman–Crippen MR) is 51.7 cm³/mol. The van der Waals surface area contributed by atoms with Crippen LogP contribution in [-0.2, 0) is 13.1 Å². The van der Waals surface area contributed by atoms with Crippen LogP contribution >= 0.6 is 0 Å². The van der Waals surface area contributed by atoms with Crippen LogP contribution in [0.15, 0.2) is 18.9 Å². The molecule has 0 saturated heterocycles. The maximum absolute atomic E-state index is 8.57. The first-order valence-electron chi connectivity index (χ1n) is 4.62. The number of hydrogen-bond donors (Lipinski definition) is 0. The zero-order chi connectivity index (χ0) is 10.7. The quantitative estimate of drug-likeness (QED) is 0.722. The van der Waals surface area contributed by atoms with Crippen LogP contribution in [0.5, 0.6) is 0 Å². The Hall–Kier alpha value is -2.16. The van der Waals surface area contributed by atoms with E-state index < -0.39 is 0 Å². The van der Waals surface area contributed by atoms with Crippen LogP contribution in [0, 0.1) is 11.3 Å². The molecule has 0 aromatic carbocycles. The van der Waals surface area contributed by atoms with E-state index in [1.807, 2.05) is 17.6 Å². The van der Waals surface area contributed by atoms with Gasteiger partial charge in [-0.25, -0.2) is 14.6 Å². The van der Waals surface area contributed by atoms with Gasteiger partial charge in [0.1, 0.15) is 12.4 Å². The average Bonchev–Trinajstić information content (AvgIpc) is 2.87. The summed E-state index contributed by atoms with van der Waals surface area (Å²) in [5, 5.41) is 12.6. The van der Waals surface area contributed by atoms with E-state index in [4.69, 9.17) is 5.26 Å². The summed E-state index contributed by atoms with van der Waals surface area (Å²) in [7, 11) is 0. The highest BCUT2D eigenvalue weighted by Gasteiger charge is 2.03. The van der Waals surface area contributed by atoms with Crippen molar-refractivity contribution in [3.63, 3.8) is 0 Å². The molecule has 6 nitrogen and oxygen atoms in total. The Labute approximate surface area is 86.8 Å². The normalized spacial score (nSPS) is 10.1. The van der Waals surface area contributed by atoms with Gasteiger partial charge in [-0.3, -0.25) is 0 Å². The van der Waals surface area contributed by atoms with E-state index in [0.717, 1.165) is 12.2 Å². The number of nitriles is 1. The molecule has 0 aliphatic heterocycles. The Bertz CT molecular complexity index is 489. The van der Waals surface area contributed by atoms with Crippen molar-refractivity contribution in [2.75, 3.05) is 0 Å². The third-order valence-electron chi connectivity index (χ3n) is 2.10. The van der Waals surface area contributed by atoms with Crippen molar-refractivity contribution in [1.82, 2.24) is 24.3 Å². The largest absolute Gasteiger partial charge is 0.333 e. The molecule has 0 bridgehead atoms.